The number of fused-ring (bicyclic) bond motifs is 1. The number of amides is 1. The molecule has 2 aliphatic heterocycles. The van der Waals surface area contributed by atoms with Crippen molar-refractivity contribution in [1.29, 1.82) is 0 Å². The van der Waals surface area contributed by atoms with E-state index in [-0.39, 0.29) is 24.2 Å². The van der Waals surface area contributed by atoms with Crippen LogP contribution in [0, 0.1) is 6.92 Å². The number of furan rings is 1. The standard InChI is InChI=1S/C24H34N2O4/c1-15(2)25-8-6-20(7-9-25)29-21-11-19-12-23(30-22(19)10-16(21)3)24(27)26-13-17(4)28-18(5)14-26/h10-12,15,17-18,20H,6-9,13-14H2,1-5H3/t17-,18+. The maximum atomic E-state index is 13.0. The zero-order chi connectivity index (χ0) is 21.4. The zero-order valence-electron chi connectivity index (χ0n) is 18.8. The molecule has 1 amide bonds. The molecule has 0 aliphatic carbocycles. The molecule has 1 aromatic carbocycles. The topological polar surface area (TPSA) is 55.2 Å². The van der Waals surface area contributed by atoms with E-state index >= 15 is 0 Å². The smallest absolute Gasteiger partial charge is 0.289 e. The highest BCUT2D eigenvalue weighted by molar-refractivity contribution is 5.96. The van der Waals surface area contributed by atoms with E-state index in [4.69, 9.17) is 13.9 Å². The van der Waals surface area contributed by atoms with E-state index < -0.39 is 0 Å². The zero-order valence-corrected chi connectivity index (χ0v) is 18.8. The molecule has 6 nitrogen and oxygen atoms in total. The largest absolute Gasteiger partial charge is 0.490 e. The Bertz CT molecular complexity index is 888. The van der Waals surface area contributed by atoms with Gasteiger partial charge in [-0.3, -0.25) is 4.79 Å². The highest BCUT2D eigenvalue weighted by atomic mass is 16.5. The fraction of sp³-hybridized carbons (Fsp3) is 0.625. The molecule has 0 saturated carbocycles. The average molecular weight is 415 g/mol. The number of nitrogens with zero attached hydrogens (tertiary/aromatic N) is 2. The summed E-state index contributed by atoms with van der Waals surface area (Å²) >= 11 is 0. The van der Waals surface area contributed by atoms with Crippen molar-refractivity contribution in [3.63, 3.8) is 0 Å². The van der Waals surface area contributed by atoms with Gasteiger partial charge in [0.15, 0.2) is 5.76 Å². The Morgan fingerprint density at radius 2 is 1.77 bits per heavy atom. The van der Waals surface area contributed by atoms with E-state index in [0.717, 1.165) is 48.2 Å². The molecule has 3 heterocycles. The number of benzene rings is 1. The van der Waals surface area contributed by atoms with Gasteiger partial charge in [0.05, 0.1) is 12.2 Å². The highest BCUT2D eigenvalue weighted by Gasteiger charge is 2.29. The first-order chi connectivity index (χ1) is 14.3. The normalized spacial score (nSPS) is 24.0. The monoisotopic (exact) mass is 414 g/mol. The first-order valence-electron chi connectivity index (χ1n) is 11.2. The van der Waals surface area contributed by atoms with Crippen LogP contribution in [0.15, 0.2) is 22.6 Å². The van der Waals surface area contributed by atoms with Gasteiger partial charge in [-0.05, 0) is 71.2 Å². The van der Waals surface area contributed by atoms with Crippen LogP contribution >= 0.6 is 0 Å². The van der Waals surface area contributed by atoms with Gasteiger partial charge in [-0.1, -0.05) is 0 Å². The number of aryl methyl sites for hydroxylation is 1. The minimum atomic E-state index is -0.0746. The highest BCUT2D eigenvalue weighted by Crippen LogP contribution is 2.31. The van der Waals surface area contributed by atoms with Gasteiger partial charge in [-0.2, -0.15) is 0 Å². The summed E-state index contributed by atoms with van der Waals surface area (Å²) in [5, 5.41) is 0.910. The number of hydrogen-bond acceptors (Lipinski definition) is 5. The number of carbonyl (C=O) groups is 1. The van der Waals surface area contributed by atoms with Crippen molar-refractivity contribution in [3.8, 4) is 5.75 Å². The quantitative estimate of drug-likeness (QED) is 0.749. The molecule has 0 bridgehead atoms. The maximum Gasteiger partial charge on any atom is 0.289 e. The van der Waals surface area contributed by atoms with Crippen LogP contribution in [0.3, 0.4) is 0 Å². The number of piperidine rings is 1. The minimum Gasteiger partial charge on any atom is -0.490 e. The fourth-order valence-electron chi connectivity index (χ4n) is 4.59. The second kappa shape index (κ2) is 8.60. The predicted octanol–water partition coefficient (Wildman–Crippen LogP) is 4.24. The van der Waals surface area contributed by atoms with Crippen LogP contribution in [0.4, 0.5) is 0 Å². The van der Waals surface area contributed by atoms with Crippen molar-refractivity contribution in [1.82, 2.24) is 9.80 Å². The Kier molecular flexibility index (Phi) is 6.07. The van der Waals surface area contributed by atoms with Crippen LogP contribution in [-0.4, -0.2) is 66.2 Å². The van der Waals surface area contributed by atoms with Gasteiger partial charge in [0.2, 0.25) is 0 Å². The number of carbonyl (C=O) groups excluding carboxylic acids is 1. The van der Waals surface area contributed by atoms with Crippen LogP contribution in [0.2, 0.25) is 0 Å². The third-order valence-corrected chi connectivity index (χ3v) is 6.23. The van der Waals surface area contributed by atoms with Crippen molar-refractivity contribution in [2.45, 2.75) is 71.8 Å². The molecule has 2 aliphatic rings. The molecule has 0 unspecified atom stereocenters. The Labute approximate surface area is 179 Å². The van der Waals surface area contributed by atoms with Gasteiger partial charge >= 0.3 is 0 Å². The van der Waals surface area contributed by atoms with Gasteiger partial charge < -0.3 is 23.7 Å². The molecule has 164 valence electrons. The number of rotatable bonds is 4. The molecule has 1 aromatic heterocycles. The van der Waals surface area contributed by atoms with Gasteiger partial charge in [-0.15, -0.1) is 0 Å². The van der Waals surface area contributed by atoms with Crippen molar-refractivity contribution in [2.75, 3.05) is 26.2 Å². The number of likely N-dealkylation sites (tertiary alicyclic amines) is 1. The minimum absolute atomic E-state index is 0.0337. The first-order valence-corrected chi connectivity index (χ1v) is 11.2. The predicted molar refractivity (Wildman–Crippen MR) is 117 cm³/mol. The molecular weight excluding hydrogens is 380 g/mol. The maximum absolute atomic E-state index is 13.0. The summed E-state index contributed by atoms with van der Waals surface area (Å²) in [7, 11) is 0. The molecule has 2 aromatic rings. The summed E-state index contributed by atoms with van der Waals surface area (Å²) < 4.78 is 18.0. The summed E-state index contributed by atoms with van der Waals surface area (Å²) in [6.45, 7) is 13.8. The number of hydrogen-bond donors (Lipinski definition) is 0. The summed E-state index contributed by atoms with van der Waals surface area (Å²) in [5.41, 5.74) is 1.77. The van der Waals surface area contributed by atoms with E-state index in [1.165, 1.54) is 0 Å². The molecule has 4 rings (SSSR count). The van der Waals surface area contributed by atoms with E-state index in [1.54, 1.807) is 0 Å². The second-order valence-electron chi connectivity index (χ2n) is 9.18. The molecular formula is C24H34N2O4. The number of morpholine rings is 1. The summed E-state index contributed by atoms with van der Waals surface area (Å²) in [5.74, 6) is 1.20. The van der Waals surface area contributed by atoms with Gasteiger partial charge in [0, 0.05) is 37.6 Å². The summed E-state index contributed by atoms with van der Waals surface area (Å²) in [6, 6.07) is 6.43. The van der Waals surface area contributed by atoms with Crippen molar-refractivity contribution in [2.24, 2.45) is 0 Å². The van der Waals surface area contributed by atoms with Gasteiger partial charge in [0.1, 0.15) is 17.4 Å². The molecule has 2 atom stereocenters. The van der Waals surface area contributed by atoms with Crippen molar-refractivity contribution in [3.05, 3.63) is 29.5 Å². The summed E-state index contributed by atoms with van der Waals surface area (Å²) in [4.78, 5) is 17.3. The molecule has 0 radical (unpaired) electrons. The van der Waals surface area contributed by atoms with E-state index in [9.17, 15) is 4.79 Å². The van der Waals surface area contributed by atoms with Crippen LogP contribution in [0.5, 0.6) is 5.75 Å². The van der Waals surface area contributed by atoms with Gasteiger partial charge in [-0.25, -0.2) is 0 Å². The van der Waals surface area contributed by atoms with Crippen LogP contribution in [-0.2, 0) is 4.74 Å². The average Bonchev–Trinajstić information content (AvgIpc) is 3.10. The third kappa shape index (κ3) is 4.49. The van der Waals surface area contributed by atoms with Crippen LogP contribution in [0.1, 0.15) is 56.7 Å². The molecule has 0 spiro atoms. The van der Waals surface area contributed by atoms with E-state index in [0.29, 0.717) is 24.9 Å². The lowest BCUT2D eigenvalue weighted by molar-refractivity contribution is -0.0591. The summed E-state index contributed by atoms with van der Waals surface area (Å²) in [6.07, 6.45) is 2.38. The van der Waals surface area contributed by atoms with Crippen molar-refractivity contribution >= 4 is 16.9 Å². The lowest BCUT2D eigenvalue weighted by atomic mass is 10.1. The third-order valence-electron chi connectivity index (χ3n) is 6.23. The number of ether oxygens (including phenoxy) is 2. The van der Waals surface area contributed by atoms with Crippen LogP contribution < -0.4 is 4.74 Å². The lowest BCUT2D eigenvalue weighted by Gasteiger charge is -2.34. The van der Waals surface area contributed by atoms with Crippen LogP contribution in [0.25, 0.3) is 11.0 Å². The first kappa shape index (κ1) is 21.2. The van der Waals surface area contributed by atoms with E-state index in [1.807, 2.05) is 43.9 Å². The lowest BCUT2D eigenvalue weighted by Crippen LogP contribution is -2.48. The fourth-order valence-corrected chi connectivity index (χ4v) is 4.59. The molecule has 2 fully saturated rings. The van der Waals surface area contributed by atoms with E-state index in [2.05, 4.69) is 18.7 Å². The molecule has 30 heavy (non-hydrogen) atoms. The Morgan fingerprint density at radius 1 is 1.10 bits per heavy atom. The SMILES string of the molecule is Cc1cc2oc(C(=O)N3C[C@@H](C)O[C@@H](C)C3)cc2cc1OC1CCN(C(C)C)CC1. The van der Waals surface area contributed by atoms with Gasteiger partial charge in [0.25, 0.3) is 5.91 Å². The molecule has 2 saturated heterocycles. The Balaban J connectivity index is 1.48. The molecule has 6 heteroatoms. The second-order valence-corrected chi connectivity index (χ2v) is 9.18. The molecule has 0 N–H and O–H groups in total. The Hall–Kier alpha value is -2.05. The Morgan fingerprint density at radius 3 is 2.40 bits per heavy atom. The van der Waals surface area contributed by atoms with Crippen molar-refractivity contribution < 1.29 is 18.7 Å².